The summed E-state index contributed by atoms with van der Waals surface area (Å²) >= 11 is 5.99. The third-order valence-electron chi connectivity index (χ3n) is 4.26. The number of carboxylic acids is 1. The highest BCUT2D eigenvalue weighted by Gasteiger charge is 2.22. The number of hydrogen-bond donors (Lipinski definition) is 2. The van der Waals surface area contributed by atoms with Crippen LogP contribution in [0.5, 0.6) is 11.5 Å². The molecule has 0 saturated carbocycles. The Morgan fingerprint density at radius 2 is 1.89 bits per heavy atom. The molecule has 27 heavy (non-hydrogen) atoms. The number of halogens is 2. The first-order valence-corrected chi connectivity index (χ1v) is 8.29. The molecule has 0 fully saturated rings. The molecule has 0 unspecified atom stereocenters. The van der Waals surface area contributed by atoms with Crippen molar-refractivity contribution >= 4 is 34.4 Å². The van der Waals surface area contributed by atoms with Crippen LogP contribution in [0.1, 0.15) is 21.6 Å². The number of aliphatic carboxylic acids is 1. The summed E-state index contributed by atoms with van der Waals surface area (Å²) in [6, 6.07) is 8.67. The zero-order chi connectivity index (χ0) is 19.7. The van der Waals surface area contributed by atoms with Gasteiger partial charge in [-0.1, -0.05) is 11.6 Å². The number of carbonyl (C=O) groups excluding carboxylic acids is 1. The van der Waals surface area contributed by atoms with Crippen molar-refractivity contribution in [2.45, 2.75) is 13.3 Å². The van der Waals surface area contributed by atoms with Gasteiger partial charge in [0.15, 0.2) is 0 Å². The molecule has 1 heterocycles. The molecule has 0 bridgehead atoms. The number of carboxylic acid groups (broad SMARTS) is 1. The molecule has 0 amide bonds. The van der Waals surface area contributed by atoms with Crippen LogP contribution in [0.4, 0.5) is 4.39 Å². The van der Waals surface area contributed by atoms with E-state index in [4.69, 9.17) is 16.3 Å². The number of phenolic OH excluding ortho intramolecular Hbond substituents is 1. The first-order valence-electron chi connectivity index (χ1n) is 7.91. The van der Waals surface area contributed by atoms with Gasteiger partial charge in [0.2, 0.25) is 6.86 Å². The lowest BCUT2D eigenvalue weighted by Crippen LogP contribution is -2.14. The van der Waals surface area contributed by atoms with Crippen LogP contribution in [-0.2, 0) is 11.2 Å². The van der Waals surface area contributed by atoms with Gasteiger partial charge in [-0.3, -0.25) is 14.2 Å². The summed E-state index contributed by atoms with van der Waals surface area (Å²) in [5, 5.41) is 19.6. The van der Waals surface area contributed by atoms with Crippen molar-refractivity contribution in [1.29, 1.82) is 0 Å². The van der Waals surface area contributed by atoms with E-state index in [1.54, 1.807) is 6.92 Å². The van der Waals surface area contributed by atoms with Crippen LogP contribution in [0.3, 0.4) is 0 Å². The fourth-order valence-electron chi connectivity index (χ4n) is 3.01. The minimum absolute atomic E-state index is 0.0441. The second kappa shape index (κ2) is 7.28. The first kappa shape index (κ1) is 18.7. The Balaban J connectivity index is 2.17. The van der Waals surface area contributed by atoms with Crippen molar-refractivity contribution in [2.75, 3.05) is 6.86 Å². The van der Waals surface area contributed by atoms with E-state index in [1.165, 1.54) is 41.0 Å². The van der Waals surface area contributed by atoms with E-state index < -0.39 is 18.7 Å². The van der Waals surface area contributed by atoms with E-state index in [0.717, 1.165) is 0 Å². The summed E-state index contributed by atoms with van der Waals surface area (Å²) in [6.07, 6.45) is -0.313. The van der Waals surface area contributed by atoms with E-state index >= 15 is 0 Å². The topological polar surface area (TPSA) is 88.8 Å². The Hall–Kier alpha value is -3.06. The highest BCUT2D eigenvalue weighted by atomic mass is 35.5. The maximum absolute atomic E-state index is 13.0. The van der Waals surface area contributed by atoms with Crippen molar-refractivity contribution in [1.82, 2.24) is 4.57 Å². The summed E-state index contributed by atoms with van der Waals surface area (Å²) in [4.78, 5) is 24.3. The number of rotatable bonds is 5. The molecule has 2 N–H and O–H groups in total. The zero-order valence-corrected chi connectivity index (χ0v) is 15.0. The third-order valence-corrected chi connectivity index (χ3v) is 4.56. The molecule has 0 saturated heterocycles. The summed E-state index contributed by atoms with van der Waals surface area (Å²) < 4.78 is 18.3. The molecule has 3 rings (SSSR count). The molecule has 0 aliphatic rings. The number of ether oxygens (including phenoxy) is 1. The number of aromatic hydroxyl groups is 1. The van der Waals surface area contributed by atoms with Crippen molar-refractivity contribution in [3.63, 3.8) is 0 Å². The van der Waals surface area contributed by atoms with Gasteiger partial charge in [0.25, 0.3) is 5.91 Å². The number of benzene rings is 2. The molecular weight excluding hydrogens is 377 g/mol. The molecular formula is C19H15ClFNO5. The molecule has 140 valence electrons. The highest BCUT2D eigenvalue weighted by molar-refractivity contribution is 6.33. The zero-order valence-electron chi connectivity index (χ0n) is 14.2. The Labute approximate surface area is 158 Å². The fourth-order valence-corrected chi connectivity index (χ4v) is 3.17. The number of hydrogen-bond acceptors (Lipinski definition) is 4. The van der Waals surface area contributed by atoms with Crippen LogP contribution in [-0.4, -0.2) is 33.5 Å². The first-order chi connectivity index (χ1) is 12.8. The minimum atomic E-state index is -1.06. The monoisotopic (exact) mass is 391 g/mol. The van der Waals surface area contributed by atoms with Crippen LogP contribution < -0.4 is 4.74 Å². The summed E-state index contributed by atoms with van der Waals surface area (Å²) in [5.41, 5.74) is 1.53. The van der Waals surface area contributed by atoms with Crippen LogP contribution in [0.2, 0.25) is 5.02 Å². The number of phenols is 1. The number of fused-ring (bicyclic) bond motifs is 1. The summed E-state index contributed by atoms with van der Waals surface area (Å²) in [5.74, 6) is -1.40. The molecule has 0 aliphatic carbocycles. The number of carbonyl (C=O) groups is 2. The largest absolute Gasteiger partial charge is 0.506 e. The van der Waals surface area contributed by atoms with Gasteiger partial charge >= 0.3 is 5.97 Å². The van der Waals surface area contributed by atoms with Crippen LogP contribution >= 0.6 is 11.6 Å². The van der Waals surface area contributed by atoms with Crippen LogP contribution in [0, 0.1) is 6.92 Å². The lowest BCUT2D eigenvalue weighted by Gasteiger charge is -2.09. The lowest BCUT2D eigenvalue weighted by molar-refractivity contribution is -0.136. The van der Waals surface area contributed by atoms with Gasteiger partial charge in [-0.15, -0.1) is 0 Å². The highest BCUT2D eigenvalue weighted by Crippen LogP contribution is 2.35. The van der Waals surface area contributed by atoms with Gasteiger partial charge in [0.1, 0.15) is 11.5 Å². The Morgan fingerprint density at radius 1 is 1.22 bits per heavy atom. The molecule has 8 heteroatoms. The smallest absolute Gasteiger partial charge is 0.307 e. The molecule has 2 aromatic carbocycles. The van der Waals surface area contributed by atoms with E-state index in [1.807, 2.05) is 0 Å². The second-order valence-corrected chi connectivity index (χ2v) is 6.28. The number of nitrogens with zero attached hydrogens (tertiary/aromatic N) is 1. The van der Waals surface area contributed by atoms with Gasteiger partial charge in [-0.2, -0.15) is 0 Å². The lowest BCUT2D eigenvalue weighted by atomic mass is 10.1. The average molecular weight is 392 g/mol. The third kappa shape index (κ3) is 3.46. The van der Waals surface area contributed by atoms with Crippen molar-refractivity contribution in [3.05, 3.63) is 58.2 Å². The maximum atomic E-state index is 13.0. The summed E-state index contributed by atoms with van der Waals surface area (Å²) in [6.45, 7) is 0.650. The van der Waals surface area contributed by atoms with Gasteiger partial charge in [-0.05, 0) is 48.9 Å². The van der Waals surface area contributed by atoms with Gasteiger partial charge in [-0.25, -0.2) is 4.39 Å². The quantitative estimate of drug-likeness (QED) is 0.688. The second-order valence-electron chi connectivity index (χ2n) is 5.87. The van der Waals surface area contributed by atoms with Crippen LogP contribution in [0.15, 0.2) is 36.4 Å². The average Bonchev–Trinajstić information content (AvgIpc) is 2.87. The maximum Gasteiger partial charge on any atom is 0.307 e. The SMILES string of the molecule is Cc1c(CC(=O)O)c2cc(O)c(Cl)cc2n1C(=O)c1ccc(OCF)cc1. The Kier molecular flexibility index (Phi) is 5.05. The molecule has 0 spiro atoms. The fraction of sp³-hybridized carbons (Fsp3) is 0.158. The predicted molar refractivity (Wildman–Crippen MR) is 97.5 cm³/mol. The Bertz CT molecular complexity index is 1040. The molecule has 0 atom stereocenters. The van der Waals surface area contributed by atoms with Gasteiger partial charge in [0.05, 0.1) is 17.0 Å². The van der Waals surface area contributed by atoms with Crippen molar-refractivity contribution in [3.8, 4) is 11.5 Å². The minimum Gasteiger partial charge on any atom is -0.506 e. The van der Waals surface area contributed by atoms with E-state index in [2.05, 4.69) is 0 Å². The normalized spacial score (nSPS) is 10.9. The Morgan fingerprint density at radius 3 is 2.48 bits per heavy atom. The predicted octanol–water partition coefficient (Wildman–Crippen LogP) is 3.93. The molecule has 0 radical (unpaired) electrons. The van der Waals surface area contributed by atoms with E-state index in [9.17, 15) is 24.2 Å². The molecule has 0 aliphatic heterocycles. The van der Waals surface area contributed by atoms with E-state index in [0.29, 0.717) is 27.7 Å². The van der Waals surface area contributed by atoms with E-state index in [-0.39, 0.29) is 22.9 Å². The molecule has 1 aromatic heterocycles. The van der Waals surface area contributed by atoms with Crippen molar-refractivity contribution in [2.24, 2.45) is 0 Å². The molecule has 6 nitrogen and oxygen atoms in total. The summed E-state index contributed by atoms with van der Waals surface area (Å²) in [7, 11) is 0. The van der Waals surface area contributed by atoms with Gasteiger partial charge in [0, 0.05) is 16.6 Å². The number of aromatic nitrogens is 1. The number of alkyl halides is 1. The van der Waals surface area contributed by atoms with Crippen LogP contribution in [0.25, 0.3) is 10.9 Å². The van der Waals surface area contributed by atoms with Crippen molar-refractivity contribution < 1.29 is 28.9 Å². The van der Waals surface area contributed by atoms with Gasteiger partial charge < -0.3 is 14.9 Å². The molecule has 3 aromatic rings. The standard InChI is InChI=1S/C19H15ClFNO5/c1-10-13(7-18(24)25)14-6-17(23)15(20)8-16(14)22(10)19(26)11-2-4-12(5-3-11)27-9-21/h2-6,8,23H,7,9H2,1H3,(H,24,25).